The number of aliphatic carboxylic acids is 1. The Kier molecular flexibility index (Phi) is 5.23. The maximum Gasteiger partial charge on any atom is 0.312 e. The van der Waals surface area contributed by atoms with Gasteiger partial charge in [-0.15, -0.1) is 0 Å². The normalized spacial score (nSPS) is 22.5. The molecule has 1 aliphatic heterocycles. The number of piperidine rings is 1. The SMILES string of the molecule is Cc1ncnc(C)c1C(=O)N1CC[C@](Cc2ccccc2)(C(=O)O)[C@@H](O)C1. The van der Waals surface area contributed by atoms with E-state index in [1.165, 1.54) is 11.2 Å². The van der Waals surface area contributed by atoms with Crippen LogP contribution < -0.4 is 0 Å². The number of aliphatic hydroxyl groups excluding tert-OH is 1. The van der Waals surface area contributed by atoms with Crippen molar-refractivity contribution < 1.29 is 19.8 Å². The zero-order valence-corrected chi connectivity index (χ0v) is 15.4. The van der Waals surface area contributed by atoms with E-state index in [1.54, 1.807) is 13.8 Å². The summed E-state index contributed by atoms with van der Waals surface area (Å²) in [7, 11) is 0. The van der Waals surface area contributed by atoms with Crippen molar-refractivity contribution in [2.45, 2.75) is 32.8 Å². The lowest BCUT2D eigenvalue weighted by atomic mass is 9.71. The summed E-state index contributed by atoms with van der Waals surface area (Å²) in [5.41, 5.74) is 1.09. The first-order valence-electron chi connectivity index (χ1n) is 8.88. The number of hydrogen-bond acceptors (Lipinski definition) is 5. The van der Waals surface area contributed by atoms with Crippen molar-refractivity contribution in [3.8, 4) is 0 Å². The van der Waals surface area contributed by atoms with E-state index in [2.05, 4.69) is 9.97 Å². The molecule has 27 heavy (non-hydrogen) atoms. The number of β-amino-alcohol motifs (C(OH)–C–C–N with tert-alkyl or cyclic N) is 1. The molecule has 0 spiro atoms. The highest BCUT2D eigenvalue weighted by molar-refractivity contribution is 5.96. The predicted molar refractivity (Wildman–Crippen MR) is 98.2 cm³/mol. The van der Waals surface area contributed by atoms with Crippen LogP contribution in [0.5, 0.6) is 0 Å². The van der Waals surface area contributed by atoms with Crippen molar-refractivity contribution in [1.29, 1.82) is 0 Å². The molecule has 7 nitrogen and oxygen atoms in total. The number of benzene rings is 1. The van der Waals surface area contributed by atoms with Crippen molar-refractivity contribution in [3.63, 3.8) is 0 Å². The number of hydrogen-bond donors (Lipinski definition) is 2. The van der Waals surface area contributed by atoms with E-state index in [-0.39, 0.29) is 31.8 Å². The molecule has 0 saturated carbocycles. The lowest BCUT2D eigenvalue weighted by Crippen LogP contribution is -2.57. The number of aliphatic hydroxyl groups is 1. The van der Waals surface area contributed by atoms with Crippen LogP contribution in [0.2, 0.25) is 0 Å². The zero-order valence-electron chi connectivity index (χ0n) is 15.4. The average molecular weight is 369 g/mol. The summed E-state index contributed by atoms with van der Waals surface area (Å²) < 4.78 is 0. The molecule has 0 bridgehead atoms. The minimum absolute atomic E-state index is 0.0360. The van der Waals surface area contributed by atoms with Gasteiger partial charge in [0.1, 0.15) is 11.7 Å². The van der Waals surface area contributed by atoms with E-state index in [4.69, 9.17) is 0 Å². The highest BCUT2D eigenvalue weighted by Gasteiger charge is 2.49. The fraction of sp³-hybridized carbons (Fsp3) is 0.400. The molecular formula is C20H23N3O4. The highest BCUT2D eigenvalue weighted by Crippen LogP contribution is 2.36. The fourth-order valence-electron chi connectivity index (χ4n) is 3.71. The van der Waals surface area contributed by atoms with Crippen LogP contribution in [0, 0.1) is 19.3 Å². The van der Waals surface area contributed by atoms with Crippen molar-refractivity contribution in [2.75, 3.05) is 13.1 Å². The van der Waals surface area contributed by atoms with Crippen molar-refractivity contribution >= 4 is 11.9 Å². The monoisotopic (exact) mass is 369 g/mol. The average Bonchev–Trinajstić information content (AvgIpc) is 2.63. The van der Waals surface area contributed by atoms with Crippen LogP contribution in [0.3, 0.4) is 0 Å². The largest absolute Gasteiger partial charge is 0.481 e. The number of carbonyl (C=O) groups excluding carboxylic acids is 1. The van der Waals surface area contributed by atoms with Gasteiger partial charge in [-0.2, -0.15) is 0 Å². The number of rotatable bonds is 4. The number of likely N-dealkylation sites (tertiary alicyclic amines) is 1. The van der Waals surface area contributed by atoms with Gasteiger partial charge in [0.15, 0.2) is 0 Å². The van der Waals surface area contributed by atoms with E-state index in [1.807, 2.05) is 30.3 Å². The van der Waals surface area contributed by atoms with Gasteiger partial charge in [0.05, 0.1) is 23.1 Å². The molecule has 2 aromatic rings. The van der Waals surface area contributed by atoms with Crippen molar-refractivity contribution in [3.05, 3.63) is 59.2 Å². The molecule has 1 aromatic carbocycles. The summed E-state index contributed by atoms with van der Waals surface area (Å²) in [5, 5.41) is 20.6. The molecule has 1 aliphatic rings. The van der Waals surface area contributed by atoms with Gasteiger partial charge in [-0.1, -0.05) is 30.3 Å². The third-order valence-electron chi connectivity index (χ3n) is 5.37. The third kappa shape index (κ3) is 3.55. The van der Waals surface area contributed by atoms with Gasteiger partial charge in [-0.3, -0.25) is 9.59 Å². The summed E-state index contributed by atoms with van der Waals surface area (Å²) in [6.45, 7) is 3.69. The number of aromatic nitrogens is 2. The van der Waals surface area contributed by atoms with Gasteiger partial charge in [0.25, 0.3) is 5.91 Å². The summed E-state index contributed by atoms with van der Waals surface area (Å²) >= 11 is 0. The molecule has 3 rings (SSSR count). The second kappa shape index (κ2) is 7.44. The molecule has 0 radical (unpaired) electrons. The van der Waals surface area contributed by atoms with Gasteiger partial charge in [0.2, 0.25) is 0 Å². The van der Waals surface area contributed by atoms with E-state index in [0.717, 1.165) is 5.56 Å². The van der Waals surface area contributed by atoms with E-state index < -0.39 is 17.5 Å². The van der Waals surface area contributed by atoms with Crippen LogP contribution >= 0.6 is 0 Å². The Morgan fingerprint density at radius 3 is 2.37 bits per heavy atom. The van der Waals surface area contributed by atoms with Crippen LogP contribution in [0.25, 0.3) is 0 Å². The first-order chi connectivity index (χ1) is 12.8. The molecule has 2 atom stereocenters. The fourth-order valence-corrected chi connectivity index (χ4v) is 3.71. The molecule has 1 fully saturated rings. The topological polar surface area (TPSA) is 104 Å². The molecule has 0 unspecified atom stereocenters. The second-order valence-corrected chi connectivity index (χ2v) is 7.06. The number of carboxylic acids is 1. The first kappa shape index (κ1) is 19.0. The Bertz CT molecular complexity index is 835. The Balaban J connectivity index is 1.83. The van der Waals surface area contributed by atoms with Gasteiger partial charge in [-0.25, -0.2) is 9.97 Å². The molecule has 1 saturated heterocycles. The highest BCUT2D eigenvalue weighted by atomic mass is 16.4. The predicted octanol–water partition coefficient (Wildman–Crippen LogP) is 1.61. The number of aryl methyl sites for hydroxylation is 2. The molecule has 7 heteroatoms. The maximum absolute atomic E-state index is 12.9. The van der Waals surface area contributed by atoms with Gasteiger partial charge >= 0.3 is 5.97 Å². The molecule has 1 aromatic heterocycles. The molecule has 1 amide bonds. The lowest BCUT2D eigenvalue weighted by Gasteiger charge is -2.43. The van der Waals surface area contributed by atoms with Gasteiger partial charge < -0.3 is 15.1 Å². The number of nitrogens with zero attached hydrogens (tertiary/aromatic N) is 3. The summed E-state index contributed by atoms with van der Waals surface area (Å²) in [6, 6.07) is 9.25. The Morgan fingerprint density at radius 2 is 1.81 bits per heavy atom. The minimum atomic E-state index is -1.31. The Morgan fingerprint density at radius 1 is 1.19 bits per heavy atom. The van der Waals surface area contributed by atoms with Crippen molar-refractivity contribution in [1.82, 2.24) is 14.9 Å². The Hall–Kier alpha value is -2.80. The summed E-state index contributed by atoms with van der Waals surface area (Å²) in [6.07, 6.45) is 0.634. The standard InChI is InChI=1S/C20H23N3O4/c1-13-17(14(2)22-12-21-13)18(25)23-9-8-20(19(26)27,16(24)11-23)10-15-6-4-3-5-7-15/h3-7,12,16,24H,8-11H2,1-2H3,(H,26,27)/t16-,20+/m0/s1. The lowest BCUT2D eigenvalue weighted by molar-refractivity contribution is -0.161. The van der Waals surface area contributed by atoms with Crippen LogP contribution in [-0.4, -0.2) is 56.2 Å². The van der Waals surface area contributed by atoms with E-state index in [0.29, 0.717) is 17.0 Å². The van der Waals surface area contributed by atoms with Crippen LogP contribution in [-0.2, 0) is 11.2 Å². The number of amides is 1. The number of carbonyl (C=O) groups is 2. The van der Waals surface area contributed by atoms with E-state index >= 15 is 0 Å². The molecule has 142 valence electrons. The van der Waals surface area contributed by atoms with Crippen LogP contribution in [0.15, 0.2) is 36.7 Å². The van der Waals surface area contributed by atoms with E-state index in [9.17, 15) is 19.8 Å². The first-order valence-corrected chi connectivity index (χ1v) is 8.88. The molecule has 2 N–H and O–H groups in total. The third-order valence-corrected chi connectivity index (χ3v) is 5.37. The van der Waals surface area contributed by atoms with Crippen molar-refractivity contribution in [2.24, 2.45) is 5.41 Å². The number of carboxylic acid groups (broad SMARTS) is 1. The summed E-state index contributed by atoms with van der Waals surface area (Å²) in [5.74, 6) is -1.32. The Labute approximate surface area is 157 Å². The minimum Gasteiger partial charge on any atom is -0.481 e. The summed E-state index contributed by atoms with van der Waals surface area (Å²) in [4.78, 5) is 34.6. The van der Waals surface area contributed by atoms with Gasteiger partial charge in [-0.05, 0) is 32.3 Å². The van der Waals surface area contributed by atoms with Crippen LogP contribution in [0.4, 0.5) is 0 Å². The quantitative estimate of drug-likeness (QED) is 0.849. The molecular weight excluding hydrogens is 346 g/mol. The molecule has 0 aliphatic carbocycles. The molecule has 2 heterocycles. The second-order valence-electron chi connectivity index (χ2n) is 7.06. The van der Waals surface area contributed by atoms with Gasteiger partial charge in [0, 0.05) is 13.1 Å². The smallest absolute Gasteiger partial charge is 0.312 e. The van der Waals surface area contributed by atoms with Crippen LogP contribution in [0.1, 0.15) is 33.7 Å². The maximum atomic E-state index is 12.9. The zero-order chi connectivity index (χ0) is 19.6.